The lowest BCUT2D eigenvalue weighted by Crippen LogP contribution is -2.35. The van der Waals surface area contributed by atoms with E-state index in [0.717, 1.165) is 33.9 Å². The Labute approximate surface area is 179 Å². The van der Waals surface area contributed by atoms with E-state index in [9.17, 15) is 9.59 Å². The van der Waals surface area contributed by atoms with Crippen LogP contribution in [-0.2, 0) is 11.2 Å². The minimum Gasteiger partial charge on any atom is -0.488 e. The predicted octanol–water partition coefficient (Wildman–Crippen LogP) is 4.16. The van der Waals surface area contributed by atoms with Crippen molar-refractivity contribution in [3.63, 3.8) is 0 Å². The number of ketones is 1. The van der Waals surface area contributed by atoms with E-state index in [1.807, 2.05) is 54.6 Å². The van der Waals surface area contributed by atoms with Gasteiger partial charge in [-0.15, -0.1) is 0 Å². The first-order valence-corrected chi connectivity index (χ1v) is 10.8. The second kappa shape index (κ2) is 9.13. The van der Waals surface area contributed by atoms with Crippen LogP contribution in [0.15, 0.2) is 71.9 Å². The fraction of sp³-hybridized carbons (Fsp3) is 0.208. The van der Waals surface area contributed by atoms with Crippen LogP contribution in [0.1, 0.15) is 22.8 Å². The van der Waals surface area contributed by atoms with Gasteiger partial charge in [0.05, 0.1) is 17.3 Å². The summed E-state index contributed by atoms with van der Waals surface area (Å²) in [5.41, 5.74) is 3.73. The summed E-state index contributed by atoms with van der Waals surface area (Å²) >= 11 is 1.41. The van der Waals surface area contributed by atoms with Crippen molar-refractivity contribution in [2.24, 2.45) is 0 Å². The van der Waals surface area contributed by atoms with Crippen LogP contribution < -0.4 is 10.1 Å². The maximum Gasteiger partial charge on any atom is 0.230 e. The average Bonchev–Trinajstić information content (AvgIpc) is 3.19. The number of nitrogens with zero attached hydrogens (tertiary/aromatic N) is 1. The van der Waals surface area contributed by atoms with Gasteiger partial charge in [-0.05, 0) is 47.9 Å². The molecule has 2 aromatic carbocycles. The van der Waals surface area contributed by atoms with Crippen molar-refractivity contribution in [1.82, 2.24) is 10.3 Å². The topological polar surface area (TPSA) is 68.3 Å². The summed E-state index contributed by atoms with van der Waals surface area (Å²) in [6.45, 7) is 2.04. The highest BCUT2D eigenvalue weighted by Crippen LogP contribution is 2.34. The summed E-state index contributed by atoms with van der Waals surface area (Å²) < 4.78 is 5.99. The number of carbonyl (C=O) groups excluding carboxylic acids is 2. The largest absolute Gasteiger partial charge is 0.488 e. The van der Waals surface area contributed by atoms with E-state index < -0.39 is 0 Å². The molecule has 0 bridgehead atoms. The van der Waals surface area contributed by atoms with E-state index >= 15 is 0 Å². The molecule has 1 aliphatic rings. The van der Waals surface area contributed by atoms with Gasteiger partial charge in [0.15, 0.2) is 5.78 Å². The van der Waals surface area contributed by atoms with Crippen LogP contribution in [0.4, 0.5) is 0 Å². The van der Waals surface area contributed by atoms with Gasteiger partial charge in [0.1, 0.15) is 11.9 Å². The molecule has 1 atom stereocenters. The Balaban J connectivity index is 1.35. The van der Waals surface area contributed by atoms with Gasteiger partial charge in [-0.1, -0.05) is 48.2 Å². The van der Waals surface area contributed by atoms with E-state index in [1.165, 1.54) is 11.8 Å². The van der Waals surface area contributed by atoms with Crippen LogP contribution >= 0.6 is 11.8 Å². The number of rotatable bonds is 7. The first-order chi connectivity index (χ1) is 14.6. The summed E-state index contributed by atoms with van der Waals surface area (Å²) in [7, 11) is 0. The molecule has 2 heterocycles. The van der Waals surface area contributed by atoms with Gasteiger partial charge in [-0.3, -0.25) is 9.59 Å². The molecule has 5 nitrogen and oxygen atoms in total. The molecule has 30 heavy (non-hydrogen) atoms. The summed E-state index contributed by atoms with van der Waals surface area (Å²) in [6.07, 6.45) is 2.34. The number of carbonyl (C=O) groups is 2. The maximum atomic E-state index is 12.1. The van der Waals surface area contributed by atoms with E-state index in [4.69, 9.17) is 4.74 Å². The van der Waals surface area contributed by atoms with Gasteiger partial charge in [-0.2, -0.15) is 0 Å². The number of pyridine rings is 1. The number of Topliss-reactive ketones (excluding diaryl/α,β-unsaturated/α-hetero) is 1. The SMILES string of the molecule is CC(=O)c1ccccc1-c1ccc2c(c1)C[C@H](CNC(=O)CSc1ccccn1)O2. The Kier molecular flexibility index (Phi) is 6.14. The second-order valence-corrected chi connectivity index (χ2v) is 8.12. The highest BCUT2D eigenvalue weighted by Gasteiger charge is 2.24. The third kappa shape index (κ3) is 4.71. The van der Waals surface area contributed by atoms with Gasteiger partial charge >= 0.3 is 0 Å². The normalized spacial score (nSPS) is 14.6. The summed E-state index contributed by atoms with van der Waals surface area (Å²) in [5.74, 6) is 1.16. The molecule has 0 radical (unpaired) electrons. The molecule has 0 saturated carbocycles. The van der Waals surface area contributed by atoms with Gasteiger partial charge in [-0.25, -0.2) is 4.98 Å². The molecule has 4 rings (SSSR count). The average molecular weight is 419 g/mol. The first-order valence-electron chi connectivity index (χ1n) is 9.80. The molecule has 0 unspecified atom stereocenters. The third-order valence-electron chi connectivity index (χ3n) is 4.93. The summed E-state index contributed by atoms with van der Waals surface area (Å²) in [5, 5.41) is 3.77. The standard InChI is InChI=1S/C24H22N2O3S/c1-16(27)20-6-2-3-7-21(20)17-9-10-22-18(12-17)13-19(29-22)14-26-23(28)15-30-24-8-4-5-11-25-24/h2-12,19H,13-15H2,1H3,(H,26,28)/t19-/m1/s1. The molecular formula is C24H22N2O3S. The number of benzene rings is 2. The predicted molar refractivity (Wildman–Crippen MR) is 118 cm³/mol. The zero-order chi connectivity index (χ0) is 20.9. The fourth-order valence-electron chi connectivity index (χ4n) is 3.49. The lowest BCUT2D eigenvalue weighted by atomic mass is 9.95. The van der Waals surface area contributed by atoms with Crippen LogP contribution in [0.5, 0.6) is 5.75 Å². The van der Waals surface area contributed by atoms with Crippen molar-refractivity contribution in [3.8, 4) is 16.9 Å². The van der Waals surface area contributed by atoms with Crippen LogP contribution in [0, 0.1) is 0 Å². The molecule has 1 amide bonds. The highest BCUT2D eigenvalue weighted by molar-refractivity contribution is 7.99. The molecule has 1 aliphatic heterocycles. The summed E-state index contributed by atoms with van der Waals surface area (Å²) in [4.78, 5) is 28.3. The fourth-order valence-corrected chi connectivity index (χ4v) is 4.19. The third-order valence-corrected chi connectivity index (χ3v) is 5.88. The van der Waals surface area contributed by atoms with Gasteiger partial charge in [0, 0.05) is 18.2 Å². The molecule has 0 fully saturated rings. The van der Waals surface area contributed by atoms with E-state index in [-0.39, 0.29) is 17.8 Å². The molecule has 0 spiro atoms. The molecule has 152 valence electrons. The quantitative estimate of drug-likeness (QED) is 0.461. The van der Waals surface area contributed by atoms with Crippen LogP contribution in [-0.4, -0.2) is 35.1 Å². The maximum absolute atomic E-state index is 12.1. The minimum atomic E-state index is -0.0953. The Morgan fingerprint density at radius 3 is 2.77 bits per heavy atom. The monoisotopic (exact) mass is 418 g/mol. The molecule has 3 aromatic rings. The Morgan fingerprint density at radius 1 is 1.13 bits per heavy atom. The van der Waals surface area contributed by atoms with Crippen molar-refractivity contribution >= 4 is 23.5 Å². The summed E-state index contributed by atoms with van der Waals surface area (Å²) in [6, 6.07) is 19.3. The van der Waals surface area contributed by atoms with E-state index in [2.05, 4.69) is 16.4 Å². The van der Waals surface area contributed by atoms with Gasteiger partial charge in [0.2, 0.25) is 5.91 Å². The zero-order valence-electron chi connectivity index (χ0n) is 16.6. The molecule has 6 heteroatoms. The molecule has 0 saturated heterocycles. The molecule has 1 N–H and O–H groups in total. The second-order valence-electron chi connectivity index (χ2n) is 7.13. The number of nitrogens with one attached hydrogen (secondary N) is 1. The molecule has 0 aliphatic carbocycles. The Bertz CT molecular complexity index is 1070. The number of hydrogen-bond donors (Lipinski definition) is 1. The van der Waals surface area contributed by atoms with Crippen molar-refractivity contribution in [3.05, 3.63) is 78.0 Å². The van der Waals surface area contributed by atoms with Crippen molar-refractivity contribution < 1.29 is 14.3 Å². The number of ether oxygens (including phenoxy) is 1. The Hall–Kier alpha value is -3.12. The van der Waals surface area contributed by atoms with Crippen molar-refractivity contribution in [2.75, 3.05) is 12.3 Å². The van der Waals surface area contributed by atoms with Gasteiger partial charge < -0.3 is 10.1 Å². The number of hydrogen-bond acceptors (Lipinski definition) is 5. The first kappa shape index (κ1) is 20.2. The molecular weight excluding hydrogens is 396 g/mol. The number of thioether (sulfide) groups is 1. The van der Waals surface area contributed by atoms with Crippen molar-refractivity contribution in [1.29, 1.82) is 0 Å². The van der Waals surface area contributed by atoms with Gasteiger partial charge in [0.25, 0.3) is 0 Å². The lowest BCUT2D eigenvalue weighted by molar-refractivity contribution is -0.118. The Morgan fingerprint density at radius 2 is 1.97 bits per heavy atom. The van der Waals surface area contributed by atoms with E-state index in [1.54, 1.807) is 13.1 Å². The van der Waals surface area contributed by atoms with Crippen molar-refractivity contribution in [2.45, 2.75) is 24.5 Å². The highest BCUT2D eigenvalue weighted by atomic mass is 32.2. The smallest absolute Gasteiger partial charge is 0.230 e. The van der Waals surface area contributed by atoms with E-state index in [0.29, 0.717) is 17.9 Å². The number of aromatic nitrogens is 1. The van der Waals surface area contributed by atoms with Crippen LogP contribution in [0.25, 0.3) is 11.1 Å². The zero-order valence-corrected chi connectivity index (χ0v) is 17.4. The number of fused-ring (bicyclic) bond motifs is 1. The minimum absolute atomic E-state index is 0.0405. The van der Waals surface area contributed by atoms with Crippen LogP contribution in [0.3, 0.4) is 0 Å². The van der Waals surface area contributed by atoms with Crippen LogP contribution in [0.2, 0.25) is 0 Å². The number of amides is 1. The lowest BCUT2D eigenvalue weighted by Gasteiger charge is -2.11. The molecule has 1 aromatic heterocycles.